The number of nitrogens with zero attached hydrogens (tertiary/aromatic N) is 2. The van der Waals surface area contributed by atoms with Gasteiger partial charge in [-0.05, 0) is 13.3 Å². The molecule has 114 valence electrons. The summed E-state index contributed by atoms with van der Waals surface area (Å²) in [4.78, 5) is 9.20. The van der Waals surface area contributed by atoms with Crippen molar-refractivity contribution in [1.29, 1.82) is 0 Å². The highest BCUT2D eigenvalue weighted by atomic mass is 15.1. The van der Waals surface area contributed by atoms with Gasteiger partial charge in [-0.2, -0.15) is 0 Å². The summed E-state index contributed by atoms with van der Waals surface area (Å²) < 4.78 is 0. The SMILES string of the molecule is CCCCCC(C)Nc1cc(NC)nc(C(C)(C)C)n1. The first-order valence-corrected chi connectivity index (χ1v) is 7.70. The summed E-state index contributed by atoms with van der Waals surface area (Å²) >= 11 is 0. The molecule has 1 aromatic rings. The molecule has 4 nitrogen and oxygen atoms in total. The molecule has 0 aliphatic rings. The van der Waals surface area contributed by atoms with Gasteiger partial charge < -0.3 is 10.6 Å². The van der Waals surface area contributed by atoms with Gasteiger partial charge in [-0.3, -0.25) is 0 Å². The fourth-order valence-electron chi connectivity index (χ4n) is 2.01. The third-order valence-electron chi connectivity index (χ3n) is 3.29. The molecular formula is C16H30N4. The number of unbranched alkanes of at least 4 members (excludes halogenated alkanes) is 2. The van der Waals surface area contributed by atoms with E-state index in [-0.39, 0.29) is 5.41 Å². The van der Waals surface area contributed by atoms with E-state index >= 15 is 0 Å². The van der Waals surface area contributed by atoms with Gasteiger partial charge in [0.2, 0.25) is 0 Å². The zero-order valence-electron chi connectivity index (χ0n) is 13.9. The van der Waals surface area contributed by atoms with Crippen LogP contribution in [0.15, 0.2) is 6.07 Å². The maximum Gasteiger partial charge on any atom is 0.138 e. The standard InChI is InChI=1S/C16H30N4/c1-7-8-9-10-12(2)18-14-11-13(17-6)19-15(20-14)16(3,4)5/h11-12H,7-10H2,1-6H3,(H2,17,18,19,20). The minimum Gasteiger partial charge on any atom is -0.373 e. The van der Waals surface area contributed by atoms with Crippen molar-refractivity contribution in [3.63, 3.8) is 0 Å². The van der Waals surface area contributed by atoms with Crippen molar-refractivity contribution >= 4 is 11.6 Å². The summed E-state index contributed by atoms with van der Waals surface area (Å²) in [6.07, 6.45) is 5.00. The number of hydrogen-bond donors (Lipinski definition) is 2. The summed E-state index contributed by atoms with van der Waals surface area (Å²) in [6.45, 7) is 10.9. The van der Waals surface area contributed by atoms with Crippen LogP contribution in [0.2, 0.25) is 0 Å². The Hall–Kier alpha value is -1.32. The Morgan fingerprint density at radius 2 is 1.80 bits per heavy atom. The second-order valence-electron chi connectivity index (χ2n) is 6.50. The van der Waals surface area contributed by atoms with Crippen LogP contribution in [0.1, 0.15) is 66.1 Å². The normalized spacial score (nSPS) is 13.1. The first-order chi connectivity index (χ1) is 9.36. The van der Waals surface area contributed by atoms with E-state index in [1.165, 1.54) is 25.7 Å². The molecule has 20 heavy (non-hydrogen) atoms. The Labute approximate surface area is 123 Å². The van der Waals surface area contributed by atoms with Gasteiger partial charge in [0, 0.05) is 24.6 Å². The Morgan fingerprint density at radius 1 is 1.15 bits per heavy atom. The number of hydrogen-bond acceptors (Lipinski definition) is 4. The molecule has 4 heteroatoms. The second-order valence-corrected chi connectivity index (χ2v) is 6.50. The maximum atomic E-state index is 4.66. The molecule has 0 fully saturated rings. The van der Waals surface area contributed by atoms with Crippen LogP contribution in [0.4, 0.5) is 11.6 Å². The van der Waals surface area contributed by atoms with E-state index < -0.39 is 0 Å². The summed E-state index contributed by atoms with van der Waals surface area (Å²) in [5, 5.41) is 6.61. The van der Waals surface area contributed by atoms with Gasteiger partial charge in [0.15, 0.2) is 0 Å². The van der Waals surface area contributed by atoms with Gasteiger partial charge in [0.25, 0.3) is 0 Å². The predicted molar refractivity (Wildman–Crippen MR) is 87.5 cm³/mol. The molecule has 0 amide bonds. The van der Waals surface area contributed by atoms with Crippen molar-refractivity contribution in [2.75, 3.05) is 17.7 Å². The van der Waals surface area contributed by atoms with Gasteiger partial charge >= 0.3 is 0 Å². The Balaban J connectivity index is 2.78. The van der Waals surface area contributed by atoms with E-state index in [0.29, 0.717) is 6.04 Å². The lowest BCUT2D eigenvalue weighted by Gasteiger charge is -2.20. The zero-order chi connectivity index (χ0) is 15.2. The number of rotatable bonds is 7. The fourth-order valence-corrected chi connectivity index (χ4v) is 2.01. The molecule has 0 saturated heterocycles. The molecule has 1 unspecified atom stereocenters. The highest BCUT2D eigenvalue weighted by Crippen LogP contribution is 2.22. The van der Waals surface area contributed by atoms with E-state index in [0.717, 1.165) is 17.5 Å². The van der Waals surface area contributed by atoms with Gasteiger partial charge in [-0.25, -0.2) is 9.97 Å². The molecule has 1 aromatic heterocycles. The first-order valence-electron chi connectivity index (χ1n) is 7.70. The smallest absolute Gasteiger partial charge is 0.138 e. The molecule has 2 N–H and O–H groups in total. The van der Waals surface area contributed by atoms with Gasteiger partial charge in [-0.15, -0.1) is 0 Å². The summed E-state index contributed by atoms with van der Waals surface area (Å²) in [5.74, 6) is 2.65. The summed E-state index contributed by atoms with van der Waals surface area (Å²) in [5.41, 5.74) is -0.0469. The largest absolute Gasteiger partial charge is 0.373 e. The van der Waals surface area contributed by atoms with Gasteiger partial charge in [0.1, 0.15) is 17.5 Å². The first kappa shape index (κ1) is 16.7. The molecule has 1 heterocycles. The van der Waals surface area contributed by atoms with Crippen LogP contribution in [0.25, 0.3) is 0 Å². The summed E-state index contributed by atoms with van der Waals surface area (Å²) in [6, 6.07) is 2.42. The monoisotopic (exact) mass is 278 g/mol. The van der Waals surface area contributed by atoms with Crippen LogP contribution in [-0.4, -0.2) is 23.1 Å². The molecule has 0 aliphatic carbocycles. The van der Waals surface area contributed by atoms with Crippen molar-refractivity contribution in [2.45, 2.75) is 71.8 Å². The van der Waals surface area contributed by atoms with Crippen molar-refractivity contribution in [2.24, 2.45) is 0 Å². The van der Waals surface area contributed by atoms with Crippen LogP contribution in [-0.2, 0) is 5.41 Å². The lowest BCUT2D eigenvalue weighted by Crippen LogP contribution is -2.21. The van der Waals surface area contributed by atoms with Crippen LogP contribution in [0.3, 0.4) is 0 Å². The highest BCUT2D eigenvalue weighted by Gasteiger charge is 2.19. The topological polar surface area (TPSA) is 49.8 Å². The maximum absolute atomic E-state index is 4.66. The predicted octanol–water partition coefficient (Wildman–Crippen LogP) is 4.20. The lowest BCUT2D eigenvalue weighted by molar-refractivity contribution is 0.545. The van der Waals surface area contributed by atoms with Crippen molar-refractivity contribution < 1.29 is 0 Å². The molecule has 0 aliphatic heterocycles. The molecular weight excluding hydrogens is 248 g/mol. The molecule has 0 bridgehead atoms. The second kappa shape index (κ2) is 7.46. The van der Waals surface area contributed by atoms with Crippen LogP contribution in [0.5, 0.6) is 0 Å². The van der Waals surface area contributed by atoms with Gasteiger partial charge in [0.05, 0.1) is 0 Å². The minimum absolute atomic E-state index is 0.0469. The van der Waals surface area contributed by atoms with Crippen LogP contribution < -0.4 is 10.6 Å². The number of nitrogens with one attached hydrogen (secondary N) is 2. The molecule has 1 atom stereocenters. The number of anilines is 2. The van der Waals surface area contributed by atoms with Crippen LogP contribution in [0, 0.1) is 0 Å². The lowest BCUT2D eigenvalue weighted by atomic mass is 9.96. The van der Waals surface area contributed by atoms with E-state index in [2.05, 4.69) is 55.2 Å². The molecule has 0 radical (unpaired) electrons. The third-order valence-corrected chi connectivity index (χ3v) is 3.29. The molecule has 1 rings (SSSR count). The van der Waals surface area contributed by atoms with Gasteiger partial charge in [-0.1, -0.05) is 47.0 Å². The van der Waals surface area contributed by atoms with E-state index in [9.17, 15) is 0 Å². The Morgan fingerprint density at radius 3 is 2.35 bits per heavy atom. The molecule has 0 spiro atoms. The quantitative estimate of drug-likeness (QED) is 0.734. The molecule has 0 saturated carbocycles. The third kappa shape index (κ3) is 5.35. The van der Waals surface area contributed by atoms with E-state index in [1.807, 2.05) is 13.1 Å². The number of aromatic nitrogens is 2. The van der Waals surface area contributed by atoms with E-state index in [4.69, 9.17) is 0 Å². The average Bonchev–Trinajstić information content (AvgIpc) is 2.37. The highest BCUT2D eigenvalue weighted by molar-refractivity contribution is 5.48. The fraction of sp³-hybridized carbons (Fsp3) is 0.750. The Kier molecular flexibility index (Phi) is 6.24. The average molecular weight is 278 g/mol. The zero-order valence-corrected chi connectivity index (χ0v) is 13.9. The van der Waals surface area contributed by atoms with Crippen molar-refractivity contribution in [3.05, 3.63) is 11.9 Å². The van der Waals surface area contributed by atoms with E-state index in [1.54, 1.807) is 0 Å². The van der Waals surface area contributed by atoms with Crippen molar-refractivity contribution in [1.82, 2.24) is 9.97 Å². The minimum atomic E-state index is -0.0469. The van der Waals surface area contributed by atoms with Crippen molar-refractivity contribution in [3.8, 4) is 0 Å². The molecule has 0 aromatic carbocycles. The van der Waals surface area contributed by atoms with Crippen LogP contribution >= 0.6 is 0 Å². The Bertz CT molecular complexity index is 409. The summed E-state index contributed by atoms with van der Waals surface area (Å²) in [7, 11) is 1.89.